The van der Waals surface area contributed by atoms with Gasteiger partial charge in [-0.25, -0.2) is 9.67 Å². The molecule has 2 heterocycles. The van der Waals surface area contributed by atoms with Gasteiger partial charge in [-0.1, -0.05) is 20.8 Å². The lowest BCUT2D eigenvalue weighted by Crippen LogP contribution is -2.42. The standard InChI is InChI=1S/C14H27N5/c1-12(2)8-19-13(16-11-17-19)9-18-6-4-14(3,10-15)5-7-18/h11-12H,4-10,15H2,1-3H3. The fourth-order valence-corrected chi connectivity index (χ4v) is 2.56. The van der Waals surface area contributed by atoms with Crippen LogP contribution in [0.1, 0.15) is 39.4 Å². The average Bonchev–Trinajstić information content (AvgIpc) is 2.79. The van der Waals surface area contributed by atoms with E-state index in [1.807, 2.05) is 4.68 Å². The SMILES string of the molecule is CC(C)Cn1ncnc1CN1CCC(C)(CN)CC1. The van der Waals surface area contributed by atoms with Crippen LogP contribution in [-0.2, 0) is 13.1 Å². The molecule has 0 aliphatic carbocycles. The Bertz CT molecular complexity index is 390. The summed E-state index contributed by atoms with van der Waals surface area (Å²) in [5, 5.41) is 4.33. The number of nitrogens with two attached hydrogens (primary N) is 1. The van der Waals surface area contributed by atoms with Crippen LogP contribution in [-0.4, -0.2) is 39.3 Å². The molecule has 0 aromatic carbocycles. The molecule has 0 bridgehead atoms. The van der Waals surface area contributed by atoms with E-state index in [1.165, 1.54) is 12.8 Å². The van der Waals surface area contributed by atoms with E-state index in [0.717, 1.165) is 38.5 Å². The molecule has 0 spiro atoms. The summed E-state index contributed by atoms with van der Waals surface area (Å²) in [6.07, 6.45) is 4.04. The van der Waals surface area contributed by atoms with Gasteiger partial charge < -0.3 is 5.73 Å². The van der Waals surface area contributed by atoms with Gasteiger partial charge in [-0.15, -0.1) is 0 Å². The summed E-state index contributed by atoms with van der Waals surface area (Å²) in [6, 6.07) is 0. The maximum Gasteiger partial charge on any atom is 0.141 e. The molecule has 1 aromatic rings. The molecule has 0 radical (unpaired) electrons. The van der Waals surface area contributed by atoms with Crippen molar-refractivity contribution in [2.75, 3.05) is 19.6 Å². The predicted molar refractivity (Wildman–Crippen MR) is 76.5 cm³/mol. The number of rotatable bonds is 5. The number of aromatic nitrogens is 3. The molecule has 108 valence electrons. The van der Waals surface area contributed by atoms with Gasteiger partial charge >= 0.3 is 0 Å². The lowest BCUT2D eigenvalue weighted by Gasteiger charge is -2.38. The summed E-state index contributed by atoms with van der Waals surface area (Å²) in [7, 11) is 0. The van der Waals surface area contributed by atoms with E-state index in [-0.39, 0.29) is 0 Å². The van der Waals surface area contributed by atoms with Crippen LogP contribution in [0.4, 0.5) is 0 Å². The third-order valence-electron chi connectivity index (χ3n) is 4.15. The van der Waals surface area contributed by atoms with Crippen molar-refractivity contribution < 1.29 is 0 Å². The highest BCUT2D eigenvalue weighted by molar-refractivity contribution is 4.89. The first-order valence-electron chi connectivity index (χ1n) is 7.31. The van der Waals surface area contributed by atoms with E-state index in [1.54, 1.807) is 6.33 Å². The van der Waals surface area contributed by atoms with Gasteiger partial charge in [0.05, 0.1) is 6.54 Å². The zero-order valence-electron chi connectivity index (χ0n) is 12.5. The number of hydrogen-bond acceptors (Lipinski definition) is 4. The molecule has 19 heavy (non-hydrogen) atoms. The van der Waals surface area contributed by atoms with Crippen LogP contribution >= 0.6 is 0 Å². The third kappa shape index (κ3) is 3.76. The predicted octanol–water partition coefficient (Wildman–Crippen LogP) is 1.49. The Kier molecular flexibility index (Phi) is 4.58. The van der Waals surface area contributed by atoms with Crippen molar-refractivity contribution in [3.8, 4) is 0 Å². The Morgan fingerprint density at radius 3 is 2.63 bits per heavy atom. The molecule has 5 heteroatoms. The smallest absolute Gasteiger partial charge is 0.141 e. The van der Waals surface area contributed by atoms with Gasteiger partial charge in [0.25, 0.3) is 0 Å². The first-order chi connectivity index (χ1) is 9.02. The van der Waals surface area contributed by atoms with Crippen molar-refractivity contribution in [1.82, 2.24) is 19.7 Å². The lowest BCUT2D eigenvalue weighted by atomic mass is 9.80. The first kappa shape index (κ1) is 14.5. The van der Waals surface area contributed by atoms with Gasteiger partial charge in [0.15, 0.2) is 0 Å². The molecule has 5 nitrogen and oxygen atoms in total. The van der Waals surface area contributed by atoms with Gasteiger partial charge in [-0.05, 0) is 43.8 Å². The molecule has 1 aliphatic rings. The van der Waals surface area contributed by atoms with E-state index >= 15 is 0 Å². The summed E-state index contributed by atoms with van der Waals surface area (Å²) in [5.41, 5.74) is 6.19. The Balaban J connectivity index is 1.91. The van der Waals surface area contributed by atoms with E-state index < -0.39 is 0 Å². The third-order valence-corrected chi connectivity index (χ3v) is 4.15. The van der Waals surface area contributed by atoms with Crippen LogP contribution in [0.15, 0.2) is 6.33 Å². The number of piperidine rings is 1. The molecule has 0 amide bonds. The van der Waals surface area contributed by atoms with Crippen LogP contribution in [0.5, 0.6) is 0 Å². The van der Waals surface area contributed by atoms with Gasteiger partial charge in [0, 0.05) is 6.54 Å². The molecule has 2 N–H and O–H groups in total. The number of nitrogens with zero attached hydrogens (tertiary/aromatic N) is 4. The molecule has 1 saturated heterocycles. The second-order valence-electron chi connectivity index (χ2n) is 6.54. The molecular formula is C14H27N5. The van der Waals surface area contributed by atoms with Crippen LogP contribution in [0, 0.1) is 11.3 Å². The van der Waals surface area contributed by atoms with Gasteiger partial charge in [-0.3, -0.25) is 4.90 Å². The zero-order valence-corrected chi connectivity index (χ0v) is 12.5. The topological polar surface area (TPSA) is 60.0 Å². The lowest BCUT2D eigenvalue weighted by molar-refractivity contribution is 0.115. The minimum atomic E-state index is 0.335. The first-order valence-corrected chi connectivity index (χ1v) is 7.31. The molecule has 2 rings (SSSR count). The molecule has 0 saturated carbocycles. The summed E-state index contributed by atoms with van der Waals surface area (Å²) in [6.45, 7) is 11.6. The van der Waals surface area contributed by atoms with Gasteiger partial charge in [0.1, 0.15) is 12.2 Å². The minimum absolute atomic E-state index is 0.335. The Hall–Kier alpha value is -0.940. The molecule has 1 aliphatic heterocycles. The van der Waals surface area contributed by atoms with Crippen molar-refractivity contribution in [3.63, 3.8) is 0 Å². The van der Waals surface area contributed by atoms with Crippen LogP contribution in [0.2, 0.25) is 0 Å². The molecule has 0 unspecified atom stereocenters. The van der Waals surface area contributed by atoms with Crippen molar-refractivity contribution in [2.24, 2.45) is 17.1 Å². The van der Waals surface area contributed by atoms with Crippen molar-refractivity contribution in [1.29, 1.82) is 0 Å². The summed E-state index contributed by atoms with van der Waals surface area (Å²) in [4.78, 5) is 6.88. The second-order valence-corrected chi connectivity index (χ2v) is 6.54. The van der Waals surface area contributed by atoms with Crippen molar-refractivity contribution >= 4 is 0 Å². The number of likely N-dealkylation sites (tertiary alicyclic amines) is 1. The van der Waals surface area contributed by atoms with E-state index in [9.17, 15) is 0 Å². The highest BCUT2D eigenvalue weighted by atomic mass is 15.3. The quantitative estimate of drug-likeness (QED) is 0.876. The van der Waals surface area contributed by atoms with Crippen LogP contribution in [0.25, 0.3) is 0 Å². The van der Waals surface area contributed by atoms with Crippen LogP contribution < -0.4 is 5.73 Å². The maximum absolute atomic E-state index is 5.85. The normalized spacial score (nSPS) is 20.1. The van der Waals surface area contributed by atoms with E-state index in [0.29, 0.717) is 11.3 Å². The molecule has 1 fully saturated rings. The van der Waals surface area contributed by atoms with Gasteiger partial charge in [-0.2, -0.15) is 5.10 Å². The summed E-state index contributed by atoms with van der Waals surface area (Å²) < 4.78 is 2.04. The highest BCUT2D eigenvalue weighted by Gasteiger charge is 2.29. The fraction of sp³-hybridized carbons (Fsp3) is 0.857. The number of hydrogen-bond donors (Lipinski definition) is 1. The highest BCUT2D eigenvalue weighted by Crippen LogP contribution is 2.29. The zero-order chi connectivity index (χ0) is 13.9. The summed E-state index contributed by atoms with van der Waals surface area (Å²) >= 11 is 0. The Morgan fingerprint density at radius 2 is 2.05 bits per heavy atom. The molecule has 1 aromatic heterocycles. The Labute approximate surface area is 116 Å². The van der Waals surface area contributed by atoms with Crippen LogP contribution in [0.3, 0.4) is 0 Å². The summed E-state index contributed by atoms with van der Waals surface area (Å²) in [5.74, 6) is 1.69. The van der Waals surface area contributed by atoms with Crippen molar-refractivity contribution in [2.45, 2.75) is 46.7 Å². The Morgan fingerprint density at radius 1 is 1.37 bits per heavy atom. The maximum atomic E-state index is 5.85. The fourth-order valence-electron chi connectivity index (χ4n) is 2.56. The van der Waals surface area contributed by atoms with E-state index in [4.69, 9.17) is 5.73 Å². The van der Waals surface area contributed by atoms with Crippen molar-refractivity contribution in [3.05, 3.63) is 12.2 Å². The van der Waals surface area contributed by atoms with Gasteiger partial charge in [0.2, 0.25) is 0 Å². The molecular weight excluding hydrogens is 238 g/mol. The van der Waals surface area contributed by atoms with E-state index in [2.05, 4.69) is 35.8 Å². The average molecular weight is 265 g/mol. The minimum Gasteiger partial charge on any atom is -0.330 e. The second kappa shape index (κ2) is 6.01. The monoisotopic (exact) mass is 265 g/mol. The largest absolute Gasteiger partial charge is 0.330 e. The molecule has 0 atom stereocenters.